The van der Waals surface area contributed by atoms with Gasteiger partial charge in [-0.2, -0.15) is 0 Å². The van der Waals surface area contributed by atoms with Gasteiger partial charge in [-0.3, -0.25) is 4.79 Å². The van der Waals surface area contributed by atoms with Crippen LogP contribution in [0, 0.1) is 6.92 Å². The maximum Gasteiger partial charge on any atom is 0.323 e. The Kier molecular flexibility index (Phi) is 7.75. The van der Waals surface area contributed by atoms with Crippen LogP contribution in [-0.4, -0.2) is 33.3 Å². The highest BCUT2D eigenvalue weighted by atomic mass is 16.5. The lowest BCUT2D eigenvalue weighted by Crippen LogP contribution is -2.24. The molecule has 0 radical (unpaired) electrons. The summed E-state index contributed by atoms with van der Waals surface area (Å²) in [6.45, 7) is 2.21. The molecular formula is C25H27N3O5. The third-order valence-corrected chi connectivity index (χ3v) is 4.86. The van der Waals surface area contributed by atoms with E-state index in [1.54, 1.807) is 30.3 Å². The molecule has 0 unspecified atom stereocenters. The highest BCUT2D eigenvalue weighted by Crippen LogP contribution is 2.34. The Bertz CT molecular complexity index is 1150. The molecule has 0 aliphatic carbocycles. The van der Waals surface area contributed by atoms with Crippen LogP contribution in [0.4, 0.5) is 16.2 Å². The van der Waals surface area contributed by atoms with Gasteiger partial charge >= 0.3 is 6.03 Å². The zero-order valence-corrected chi connectivity index (χ0v) is 19.0. The summed E-state index contributed by atoms with van der Waals surface area (Å²) in [6, 6.07) is 17.6. The molecule has 0 saturated heterocycles. The van der Waals surface area contributed by atoms with E-state index in [-0.39, 0.29) is 18.5 Å². The summed E-state index contributed by atoms with van der Waals surface area (Å²) in [7, 11) is 4.49. The van der Waals surface area contributed by atoms with Crippen LogP contribution in [-0.2, 0) is 6.54 Å². The summed E-state index contributed by atoms with van der Waals surface area (Å²) in [6.07, 6.45) is 0. The number of urea groups is 1. The van der Waals surface area contributed by atoms with Crippen LogP contribution in [0.2, 0.25) is 0 Å². The molecule has 0 saturated carbocycles. The molecule has 0 aromatic heterocycles. The third kappa shape index (κ3) is 6.16. The number of aryl methyl sites for hydroxylation is 1. The van der Waals surface area contributed by atoms with E-state index >= 15 is 0 Å². The van der Waals surface area contributed by atoms with Crippen molar-refractivity contribution in [2.75, 3.05) is 32.0 Å². The molecule has 0 heterocycles. The van der Waals surface area contributed by atoms with Crippen LogP contribution in [0.5, 0.6) is 17.2 Å². The average molecular weight is 450 g/mol. The first kappa shape index (κ1) is 23.5. The van der Waals surface area contributed by atoms with Gasteiger partial charge in [-0.25, -0.2) is 4.79 Å². The first-order valence-corrected chi connectivity index (χ1v) is 10.2. The molecule has 0 aliphatic rings. The minimum atomic E-state index is -0.350. The van der Waals surface area contributed by atoms with Crippen LogP contribution in [0.15, 0.2) is 60.7 Å². The molecule has 3 N–H and O–H groups in total. The number of ether oxygens (including phenoxy) is 3. The SMILES string of the molecule is COc1cc(OC)c(C(=O)NCc2cccc(NC(=O)Nc3cccc(C)c3)c2)cc1OC. The molecule has 3 rings (SSSR count). The number of amides is 3. The fraction of sp³-hybridized carbons (Fsp3) is 0.200. The number of hydrogen-bond donors (Lipinski definition) is 3. The van der Waals surface area contributed by atoms with Crippen molar-refractivity contribution in [2.24, 2.45) is 0 Å². The van der Waals surface area contributed by atoms with Crippen molar-refractivity contribution in [3.8, 4) is 17.2 Å². The predicted octanol–water partition coefficient (Wildman–Crippen LogP) is 4.59. The maximum atomic E-state index is 12.8. The van der Waals surface area contributed by atoms with Gasteiger partial charge in [0.25, 0.3) is 5.91 Å². The van der Waals surface area contributed by atoms with E-state index in [4.69, 9.17) is 14.2 Å². The molecule has 8 heteroatoms. The smallest absolute Gasteiger partial charge is 0.323 e. The highest BCUT2D eigenvalue weighted by molar-refractivity contribution is 6.00. The lowest BCUT2D eigenvalue weighted by molar-refractivity contribution is 0.0947. The number of benzene rings is 3. The monoisotopic (exact) mass is 449 g/mol. The Morgan fingerprint density at radius 3 is 2.00 bits per heavy atom. The van der Waals surface area contributed by atoms with E-state index in [1.165, 1.54) is 21.3 Å². The van der Waals surface area contributed by atoms with E-state index in [0.29, 0.717) is 34.2 Å². The second kappa shape index (κ2) is 10.9. The molecule has 0 bridgehead atoms. The van der Waals surface area contributed by atoms with Crippen molar-refractivity contribution in [1.82, 2.24) is 5.32 Å². The van der Waals surface area contributed by atoms with Gasteiger partial charge in [0.1, 0.15) is 5.75 Å². The second-order valence-corrected chi connectivity index (χ2v) is 7.24. The Morgan fingerprint density at radius 1 is 0.758 bits per heavy atom. The molecule has 3 aromatic rings. The van der Waals surface area contributed by atoms with E-state index in [0.717, 1.165) is 11.1 Å². The molecule has 172 valence electrons. The molecular weight excluding hydrogens is 422 g/mol. The largest absolute Gasteiger partial charge is 0.496 e. The molecule has 0 fully saturated rings. The summed E-state index contributed by atoms with van der Waals surface area (Å²) < 4.78 is 15.9. The number of methoxy groups -OCH3 is 3. The number of carbonyl (C=O) groups is 2. The van der Waals surface area contributed by atoms with Crippen molar-refractivity contribution < 1.29 is 23.8 Å². The third-order valence-electron chi connectivity index (χ3n) is 4.86. The molecule has 0 aliphatic heterocycles. The van der Waals surface area contributed by atoms with Crippen molar-refractivity contribution >= 4 is 23.3 Å². The van der Waals surface area contributed by atoms with Crippen LogP contribution >= 0.6 is 0 Å². The van der Waals surface area contributed by atoms with E-state index < -0.39 is 0 Å². The topological polar surface area (TPSA) is 97.9 Å². The molecule has 3 aromatic carbocycles. The lowest BCUT2D eigenvalue weighted by atomic mass is 10.1. The predicted molar refractivity (Wildman–Crippen MR) is 128 cm³/mol. The van der Waals surface area contributed by atoms with Crippen LogP contribution in [0.25, 0.3) is 0 Å². The van der Waals surface area contributed by atoms with Gasteiger partial charge in [-0.05, 0) is 42.3 Å². The first-order valence-electron chi connectivity index (χ1n) is 10.2. The quantitative estimate of drug-likeness (QED) is 0.467. The van der Waals surface area contributed by atoms with Gasteiger partial charge in [0.2, 0.25) is 0 Å². The summed E-state index contributed by atoms with van der Waals surface area (Å²) in [5.74, 6) is 0.930. The number of nitrogens with one attached hydrogen (secondary N) is 3. The van der Waals surface area contributed by atoms with Crippen molar-refractivity contribution in [2.45, 2.75) is 13.5 Å². The number of hydrogen-bond acceptors (Lipinski definition) is 5. The molecule has 3 amide bonds. The molecule has 8 nitrogen and oxygen atoms in total. The lowest BCUT2D eigenvalue weighted by Gasteiger charge is -2.14. The highest BCUT2D eigenvalue weighted by Gasteiger charge is 2.17. The average Bonchev–Trinajstić information content (AvgIpc) is 2.81. The van der Waals surface area contributed by atoms with Gasteiger partial charge in [0.15, 0.2) is 11.5 Å². The Labute approximate surface area is 192 Å². The number of anilines is 2. The molecule has 0 spiro atoms. The number of rotatable bonds is 8. The minimum absolute atomic E-state index is 0.255. The fourth-order valence-electron chi connectivity index (χ4n) is 3.26. The van der Waals surface area contributed by atoms with Gasteiger partial charge in [-0.1, -0.05) is 24.3 Å². The Balaban J connectivity index is 1.65. The van der Waals surface area contributed by atoms with Crippen LogP contribution in [0.1, 0.15) is 21.5 Å². The molecule has 0 atom stereocenters. The molecule has 33 heavy (non-hydrogen) atoms. The summed E-state index contributed by atoms with van der Waals surface area (Å²) >= 11 is 0. The normalized spacial score (nSPS) is 10.2. The van der Waals surface area contributed by atoms with Gasteiger partial charge in [0, 0.05) is 30.1 Å². The van der Waals surface area contributed by atoms with E-state index in [1.807, 2.05) is 37.3 Å². The maximum absolute atomic E-state index is 12.8. The van der Waals surface area contributed by atoms with Gasteiger partial charge in [-0.15, -0.1) is 0 Å². The van der Waals surface area contributed by atoms with Gasteiger partial charge < -0.3 is 30.2 Å². The van der Waals surface area contributed by atoms with Crippen LogP contribution < -0.4 is 30.2 Å². The first-order chi connectivity index (χ1) is 15.9. The standard InChI is InChI=1S/C25H27N3O5/c1-16-7-5-9-18(11-16)27-25(30)28-19-10-6-8-17(12-19)15-26-24(29)20-13-22(32-3)23(33-4)14-21(20)31-2/h5-14H,15H2,1-4H3,(H,26,29)(H2,27,28,30). The summed E-state index contributed by atoms with van der Waals surface area (Å²) in [4.78, 5) is 25.1. The van der Waals surface area contributed by atoms with Crippen LogP contribution in [0.3, 0.4) is 0 Å². The minimum Gasteiger partial charge on any atom is -0.496 e. The zero-order chi connectivity index (χ0) is 23.8. The van der Waals surface area contributed by atoms with Crippen molar-refractivity contribution in [1.29, 1.82) is 0 Å². The zero-order valence-electron chi connectivity index (χ0n) is 19.0. The van der Waals surface area contributed by atoms with E-state index in [2.05, 4.69) is 16.0 Å². The van der Waals surface area contributed by atoms with Gasteiger partial charge in [0.05, 0.1) is 26.9 Å². The Hall–Kier alpha value is -4.20. The second-order valence-electron chi connectivity index (χ2n) is 7.24. The van der Waals surface area contributed by atoms with Crippen molar-refractivity contribution in [3.05, 3.63) is 77.4 Å². The summed E-state index contributed by atoms with van der Waals surface area (Å²) in [5, 5.41) is 8.46. The summed E-state index contributed by atoms with van der Waals surface area (Å²) in [5.41, 5.74) is 3.50. The van der Waals surface area contributed by atoms with Crippen molar-refractivity contribution in [3.63, 3.8) is 0 Å². The number of carbonyl (C=O) groups excluding carboxylic acids is 2. The Morgan fingerprint density at radius 2 is 1.36 bits per heavy atom. The fourth-order valence-corrected chi connectivity index (χ4v) is 3.26. The van der Waals surface area contributed by atoms with E-state index in [9.17, 15) is 9.59 Å².